The van der Waals surface area contributed by atoms with Crippen molar-refractivity contribution in [2.24, 2.45) is 0 Å². The molecular formula is C21H25NO5. The van der Waals surface area contributed by atoms with Crippen LogP contribution in [-0.2, 0) is 9.53 Å². The summed E-state index contributed by atoms with van der Waals surface area (Å²) in [6.07, 6.45) is 3.22. The van der Waals surface area contributed by atoms with Crippen molar-refractivity contribution in [1.82, 2.24) is 0 Å². The minimum absolute atomic E-state index is 0.239. The number of benzene rings is 2. The highest BCUT2D eigenvalue weighted by atomic mass is 16.5. The molecule has 0 aliphatic rings. The van der Waals surface area contributed by atoms with Crippen LogP contribution in [0.25, 0.3) is 6.08 Å². The molecule has 0 aromatic heterocycles. The first-order valence-corrected chi connectivity index (χ1v) is 8.68. The smallest absolute Gasteiger partial charge is 0.248 e. The van der Waals surface area contributed by atoms with Crippen LogP contribution in [0.15, 0.2) is 48.5 Å². The second kappa shape index (κ2) is 10.9. The number of carbonyl (C=O) groups excluding carboxylic acids is 1. The van der Waals surface area contributed by atoms with Crippen molar-refractivity contribution in [3.05, 3.63) is 54.1 Å². The lowest BCUT2D eigenvalue weighted by molar-refractivity contribution is -0.111. The van der Waals surface area contributed by atoms with Gasteiger partial charge in [0.2, 0.25) is 5.91 Å². The van der Waals surface area contributed by atoms with E-state index >= 15 is 0 Å². The van der Waals surface area contributed by atoms with Crippen LogP contribution in [0, 0.1) is 0 Å². The van der Waals surface area contributed by atoms with Gasteiger partial charge in [-0.25, -0.2) is 0 Å². The predicted octanol–water partition coefficient (Wildman–Crippen LogP) is 3.77. The van der Waals surface area contributed by atoms with E-state index in [4.69, 9.17) is 18.9 Å². The Balaban J connectivity index is 1.98. The van der Waals surface area contributed by atoms with Crippen LogP contribution in [0.1, 0.15) is 12.5 Å². The summed E-state index contributed by atoms with van der Waals surface area (Å²) in [5.41, 5.74) is 1.52. The van der Waals surface area contributed by atoms with Crippen molar-refractivity contribution in [1.29, 1.82) is 0 Å². The van der Waals surface area contributed by atoms with Crippen molar-refractivity contribution in [2.75, 3.05) is 39.4 Å². The van der Waals surface area contributed by atoms with Gasteiger partial charge in [0.25, 0.3) is 0 Å². The van der Waals surface area contributed by atoms with E-state index in [1.54, 1.807) is 38.5 Å². The largest absolute Gasteiger partial charge is 0.494 e. The molecule has 144 valence electrons. The predicted molar refractivity (Wildman–Crippen MR) is 106 cm³/mol. The average molecular weight is 371 g/mol. The third-order valence-corrected chi connectivity index (χ3v) is 3.59. The summed E-state index contributed by atoms with van der Waals surface area (Å²) in [6.45, 7) is 3.41. The zero-order chi connectivity index (χ0) is 19.5. The lowest BCUT2D eigenvalue weighted by Gasteiger charge is -2.12. The Kier molecular flexibility index (Phi) is 8.19. The van der Waals surface area contributed by atoms with Gasteiger partial charge in [0, 0.05) is 24.9 Å². The van der Waals surface area contributed by atoms with Gasteiger partial charge in [-0.15, -0.1) is 0 Å². The molecule has 6 heteroatoms. The molecule has 0 aliphatic carbocycles. The first kappa shape index (κ1) is 20.3. The third kappa shape index (κ3) is 6.67. The van der Waals surface area contributed by atoms with Crippen LogP contribution in [0.2, 0.25) is 0 Å². The molecule has 2 aromatic rings. The summed E-state index contributed by atoms with van der Waals surface area (Å²) < 4.78 is 21.3. The van der Waals surface area contributed by atoms with Crippen LogP contribution in [0.5, 0.6) is 17.2 Å². The number of hydrogen-bond acceptors (Lipinski definition) is 5. The van der Waals surface area contributed by atoms with Crippen molar-refractivity contribution in [3.63, 3.8) is 0 Å². The summed E-state index contributed by atoms with van der Waals surface area (Å²) in [7, 11) is 3.17. The van der Waals surface area contributed by atoms with Gasteiger partial charge in [-0.1, -0.05) is 12.1 Å². The standard InChI is InChI=1S/C21H25NO5/c1-4-26-18-9-5-16(6-10-18)7-12-21(23)22-17-8-11-19(25-3)20(15-17)27-14-13-24-2/h5-12,15H,4,13-14H2,1-3H3,(H,22,23)/b12-7+. The Morgan fingerprint density at radius 2 is 1.78 bits per heavy atom. The highest BCUT2D eigenvalue weighted by Gasteiger charge is 2.07. The average Bonchev–Trinajstić information content (AvgIpc) is 2.68. The van der Waals surface area contributed by atoms with Gasteiger partial charge in [0.1, 0.15) is 12.4 Å². The van der Waals surface area contributed by atoms with Crippen LogP contribution < -0.4 is 19.5 Å². The number of amides is 1. The SMILES string of the molecule is CCOc1ccc(/C=C/C(=O)Nc2ccc(OC)c(OCCOC)c2)cc1. The molecule has 0 spiro atoms. The second-order valence-electron chi connectivity index (χ2n) is 5.53. The molecule has 0 bridgehead atoms. The van der Waals surface area contributed by atoms with E-state index in [9.17, 15) is 4.79 Å². The first-order valence-electron chi connectivity index (χ1n) is 8.68. The molecule has 0 radical (unpaired) electrons. The topological polar surface area (TPSA) is 66.0 Å². The zero-order valence-electron chi connectivity index (χ0n) is 15.9. The van der Waals surface area contributed by atoms with Crippen molar-refractivity contribution in [3.8, 4) is 17.2 Å². The molecule has 0 saturated heterocycles. The Morgan fingerprint density at radius 1 is 1.00 bits per heavy atom. The zero-order valence-corrected chi connectivity index (χ0v) is 15.9. The molecule has 1 N–H and O–H groups in total. The maximum absolute atomic E-state index is 12.2. The number of anilines is 1. The fourth-order valence-corrected chi connectivity index (χ4v) is 2.30. The Hall–Kier alpha value is -2.99. The normalized spacial score (nSPS) is 10.6. The highest BCUT2D eigenvalue weighted by molar-refractivity contribution is 6.02. The molecule has 6 nitrogen and oxygen atoms in total. The Bertz CT molecular complexity index is 756. The Morgan fingerprint density at radius 3 is 2.44 bits per heavy atom. The minimum atomic E-state index is -0.239. The van der Waals surface area contributed by atoms with Crippen LogP contribution in [0.3, 0.4) is 0 Å². The Labute approximate surface area is 159 Å². The number of nitrogens with one attached hydrogen (secondary N) is 1. The van der Waals surface area contributed by atoms with E-state index < -0.39 is 0 Å². The summed E-state index contributed by atoms with van der Waals surface area (Å²) in [5, 5.41) is 2.81. The first-order chi connectivity index (χ1) is 13.2. The van der Waals surface area contributed by atoms with Crippen molar-refractivity contribution >= 4 is 17.7 Å². The van der Waals surface area contributed by atoms with Gasteiger partial charge in [-0.2, -0.15) is 0 Å². The van der Waals surface area contributed by atoms with E-state index in [0.717, 1.165) is 11.3 Å². The fraction of sp³-hybridized carbons (Fsp3) is 0.286. The molecule has 0 fully saturated rings. The van der Waals surface area contributed by atoms with Gasteiger partial charge in [-0.05, 0) is 42.8 Å². The lowest BCUT2D eigenvalue weighted by Crippen LogP contribution is -2.09. The van der Waals surface area contributed by atoms with Gasteiger partial charge >= 0.3 is 0 Å². The maximum atomic E-state index is 12.2. The third-order valence-electron chi connectivity index (χ3n) is 3.59. The van der Waals surface area contributed by atoms with Crippen LogP contribution in [-0.4, -0.2) is 39.9 Å². The maximum Gasteiger partial charge on any atom is 0.248 e. The van der Waals surface area contributed by atoms with Crippen LogP contribution >= 0.6 is 0 Å². The quantitative estimate of drug-likeness (QED) is 0.509. The van der Waals surface area contributed by atoms with Crippen LogP contribution in [0.4, 0.5) is 5.69 Å². The van der Waals surface area contributed by atoms with E-state index in [1.165, 1.54) is 6.08 Å². The van der Waals surface area contributed by atoms with E-state index in [1.807, 2.05) is 31.2 Å². The number of carbonyl (C=O) groups is 1. The van der Waals surface area contributed by atoms with E-state index in [0.29, 0.717) is 37.0 Å². The molecule has 2 aromatic carbocycles. The summed E-state index contributed by atoms with van der Waals surface area (Å²) in [4.78, 5) is 12.2. The molecule has 0 aliphatic heterocycles. The molecule has 1 amide bonds. The van der Waals surface area contributed by atoms with Crippen molar-refractivity contribution in [2.45, 2.75) is 6.92 Å². The minimum Gasteiger partial charge on any atom is -0.494 e. The summed E-state index contributed by atoms with van der Waals surface area (Å²) in [5.74, 6) is 1.70. The molecule has 27 heavy (non-hydrogen) atoms. The number of methoxy groups -OCH3 is 2. The van der Waals surface area contributed by atoms with Gasteiger partial charge < -0.3 is 24.3 Å². The van der Waals surface area contributed by atoms with Gasteiger partial charge in [0.05, 0.1) is 20.3 Å². The molecule has 0 saturated carbocycles. The number of rotatable bonds is 10. The molecule has 2 rings (SSSR count). The molecule has 0 atom stereocenters. The van der Waals surface area contributed by atoms with E-state index in [2.05, 4.69) is 5.32 Å². The van der Waals surface area contributed by atoms with Gasteiger partial charge in [-0.3, -0.25) is 4.79 Å². The lowest BCUT2D eigenvalue weighted by atomic mass is 10.2. The second-order valence-corrected chi connectivity index (χ2v) is 5.53. The fourth-order valence-electron chi connectivity index (χ4n) is 2.30. The van der Waals surface area contributed by atoms with Gasteiger partial charge in [0.15, 0.2) is 11.5 Å². The molecular weight excluding hydrogens is 346 g/mol. The molecule has 0 unspecified atom stereocenters. The highest BCUT2D eigenvalue weighted by Crippen LogP contribution is 2.30. The number of ether oxygens (including phenoxy) is 4. The number of hydrogen-bond donors (Lipinski definition) is 1. The monoisotopic (exact) mass is 371 g/mol. The summed E-state index contributed by atoms with van der Waals surface area (Å²) in [6, 6.07) is 12.7. The van der Waals surface area contributed by atoms with Crippen molar-refractivity contribution < 1.29 is 23.7 Å². The molecule has 0 heterocycles. The summed E-state index contributed by atoms with van der Waals surface area (Å²) >= 11 is 0. The van der Waals surface area contributed by atoms with E-state index in [-0.39, 0.29) is 5.91 Å².